The van der Waals surface area contributed by atoms with Gasteiger partial charge in [0.2, 0.25) is 0 Å². The zero-order valence-electron chi connectivity index (χ0n) is 23.8. The number of carbonyl (C=O) groups excluding carboxylic acids is 1. The van der Waals surface area contributed by atoms with Crippen LogP contribution in [0.25, 0.3) is 10.9 Å². The Kier molecular flexibility index (Phi) is 8.71. The van der Waals surface area contributed by atoms with Crippen LogP contribution in [0.15, 0.2) is 34.7 Å². The highest BCUT2D eigenvalue weighted by molar-refractivity contribution is 5.97. The zero-order chi connectivity index (χ0) is 26.6. The van der Waals surface area contributed by atoms with Crippen LogP contribution in [0.1, 0.15) is 106 Å². The van der Waals surface area contributed by atoms with E-state index >= 15 is 0 Å². The first kappa shape index (κ1) is 27.3. The number of Topliss-reactive ketones (excluding diaryl/α,β-unsaturated/α-hetero) is 1. The SMILES string of the molecule is Cc1oc(C(C)(C)C)cc1C(=O)CCCC1CCC(CCCc2nc(N(C)C)c3ccccc3n2)CC1. The molecule has 1 saturated carbocycles. The van der Waals surface area contributed by atoms with E-state index in [4.69, 9.17) is 14.4 Å². The summed E-state index contributed by atoms with van der Waals surface area (Å²) in [6.45, 7) is 8.27. The van der Waals surface area contributed by atoms with Crippen molar-refractivity contribution < 1.29 is 9.21 Å². The Labute approximate surface area is 223 Å². The van der Waals surface area contributed by atoms with E-state index < -0.39 is 0 Å². The van der Waals surface area contributed by atoms with Gasteiger partial charge in [0.25, 0.3) is 0 Å². The van der Waals surface area contributed by atoms with Gasteiger partial charge >= 0.3 is 0 Å². The van der Waals surface area contributed by atoms with Gasteiger partial charge in [-0.15, -0.1) is 0 Å². The molecule has 0 saturated heterocycles. The molecule has 0 N–H and O–H groups in total. The Morgan fingerprint density at radius 1 is 1.00 bits per heavy atom. The molecule has 1 fully saturated rings. The molecule has 4 rings (SSSR count). The number of furan rings is 1. The first-order valence-electron chi connectivity index (χ1n) is 14.2. The van der Waals surface area contributed by atoms with Crippen molar-refractivity contribution in [3.8, 4) is 0 Å². The van der Waals surface area contributed by atoms with Crippen LogP contribution in [-0.4, -0.2) is 29.8 Å². The lowest BCUT2D eigenvalue weighted by Gasteiger charge is -2.28. The van der Waals surface area contributed by atoms with Gasteiger partial charge in [0.05, 0.1) is 11.1 Å². The third kappa shape index (κ3) is 7.00. The summed E-state index contributed by atoms with van der Waals surface area (Å²) in [6, 6.07) is 10.3. The predicted octanol–water partition coefficient (Wildman–Crippen LogP) is 8.08. The van der Waals surface area contributed by atoms with Gasteiger partial charge in [-0.05, 0) is 49.8 Å². The highest BCUT2D eigenvalue weighted by Crippen LogP contribution is 2.35. The molecule has 5 nitrogen and oxygen atoms in total. The number of benzene rings is 1. The van der Waals surface area contributed by atoms with Gasteiger partial charge in [-0.1, -0.05) is 71.4 Å². The van der Waals surface area contributed by atoms with Gasteiger partial charge in [0.1, 0.15) is 23.2 Å². The molecule has 1 aromatic carbocycles. The molecule has 5 heteroatoms. The number of aromatic nitrogens is 2. The molecule has 0 amide bonds. The molecule has 0 radical (unpaired) electrons. The van der Waals surface area contributed by atoms with Crippen LogP contribution in [-0.2, 0) is 11.8 Å². The van der Waals surface area contributed by atoms with Crippen molar-refractivity contribution in [1.29, 1.82) is 0 Å². The topological polar surface area (TPSA) is 59.2 Å². The average molecular weight is 504 g/mol. The summed E-state index contributed by atoms with van der Waals surface area (Å²) in [7, 11) is 4.10. The largest absolute Gasteiger partial charge is 0.465 e. The van der Waals surface area contributed by atoms with Gasteiger partial charge < -0.3 is 9.32 Å². The number of hydrogen-bond donors (Lipinski definition) is 0. The number of aryl methyl sites for hydroxylation is 2. The van der Waals surface area contributed by atoms with Crippen molar-refractivity contribution >= 4 is 22.5 Å². The molecule has 0 spiro atoms. The summed E-state index contributed by atoms with van der Waals surface area (Å²) >= 11 is 0. The van der Waals surface area contributed by atoms with E-state index in [-0.39, 0.29) is 11.2 Å². The summed E-state index contributed by atoms with van der Waals surface area (Å²) in [5.74, 6) is 5.46. The number of carbonyl (C=O) groups is 1. The fourth-order valence-electron chi connectivity index (χ4n) is 5.73. The van der Waals surface area contributed by atoms with E-state index in [1.165, 1.54) is 38.5 Å². The molecule has 200 valence electrons. The molecular weight excluding hydrogens is 458 g/mol. The Balaban J connectivity index is 1.18. The first-order valence-corrected chi connectivity index (χ1v) is 14.2. The van der Waals surface area contributed by atoms with E-state index in [0.29, 0.717) is 6.42 Å². The van der Waals surface area contributed by atoms with Crippen LogP contribution in [0, 0.1) is 18.8 Å². The molecule has 0 atom stereocenters. The Morgan fingerprint density at radius 3 is 2.27 bits per heavy atom. The van der Waals surface area contributed by atoms with Gasteiger partial charge in [-0.25, -0.2) is 9.97 Å². The standard InChI is InChI=1S/C32H45N3O2/c1-22-26(21-29(37-22)32(2,3)4)28(36)15-9-11-23-17-19-24(20-18-23)12-10-16-30-33-27-14-8-7-13-25(27)31(34-30)35(5)6/h7-8,13-14,21,23-24H,9-12,15-20H2,1-6H3. The minimum absolute atomic E-state index is 0.0699. The van der Waals surface area contributed by atoms with Crippen molar-refractivity contribution in [3.63, 3.8) is 0 Å². The van der Waals surface area contributed by atoms with Crippen LogP contribution in [0.4, 0.5) is 5.82 Å². The fourth-order valence-corrected chi connectivity index (χ4v) is 5.73. The lowest BCUT2D eigenvalue weighted by atomic mass is 9.78. The first-order chi connectivity index (χ1) is 17.6. The molecule has 37 heavy (non-hydrogen) atoms. The van der Waals surface area contributed by atoms with Crippen molar-refractivity contribution in [3.05, 3.63) is 53.2 Å². The zero-order valence-corrected chi connectivity index (χ0v) is 23.8. The Hall–Kier alpha value is -2.69. The molecule has 2 aromatic heterocycles. The highest BCUT2D eigenvalue weighted by Gasteiger charge is 2.24. The normalized spacial score (nSPS) is 18.3. The quantitative estimate of drug-likeness (QED) is 0.262. The van der Waals surface area contributed by atoms with Crippen molar-refractivity contribution in [2.24, 2.45) is 11.8 Å². The van der Waals surface area contributed by atoms with Crippen LogP contribution in [0.2, 0.25) is 0 Å². The number of fused-ring (bicyclic) bond motifs is 1. The van der Waals surface area contributed by atoms with E-state index in [2.05, 4.69) is 43.9 Å². The molecule has 1 aliphatic rings. The number of hydrogen-bond acceptors (Lipinski definition) is 5. The number of nitrogens with zero attached hydrogens (tertiary/aromatic N) is 3. The maximum atomic E-state index is 12.8. The molecule has 3 aromatic rings. The second-order valence-electron chi connectivity index (χ2n) is 12.3. The van der Waals surface area contributed by atoms with Crippen molar-refractivity contribution in [2.45, 2.75) is 97.3 Å². The summed E-state index contributed by atoms with van der Waals surface area (Å²) in [6.07, 6.45) is 11.4. The monoisotopic (exact) mass is 503 g/mol. The second kappa shape index (κ2) is 11.8. The van der Waals surface area contributed by atoms with Crippen LogP contribution in [0.5, 0.6) is 0 Å². The Bertz CT molecular complexity index is 1200. The van der Waals surface area contributed by atoms with Gasteiger partial charge in [0, 0.05) is 37.7 Å². The average Bonchev–Trinajstić information content (AvgIpc) is 3.26. The van der Waals surface area contributed by atoms with E-state index in [0.717, 1.165) is 70.7 Å². The lowest BCUT2D eigenvalue weighted by molar-refractivity contribution is 0.0974. The third-order valence-corrected chi connectivity index (χ3v) is 8.01. The molecule has 2 heterocycles. The molecule has 0 bridgehead atoms. The highest BCUT2D eigenvalue weighted by atomic mass is 16.3. The van der Waals surface area contributed by atoms with Crippen LogP contribution >= 0.6 is 0 Å². The van der Waals surface area contributed by atoms with Crippen molar-refractivity contribution in [1.82, 2.24) is 9.97 Å². The summed E-state index contributed by atoms with van der Waals surface area (Å²) < 4.78 is 5.87. The minimum atomic E-state index is -0.0699. The van der Waals surface area contributed by atoms with Crippen molar-refractivity contribution in [2.75, 3.05) is 19.0 Å². The fraction of sp³-hybridized carbons (Fsp3) is 0.594. The van der Waals surface area contributed by atoms with Crippen LogP contribution in [0.3, 0.4) is 0 Å². The molecular formula is C32H45N3O2. The summed E-state index contributed by atoms with van der Waals surface area (Å²) in [5, 5.41) is 1.12. The number of para-hydroxylation sites is 1. The molecule has 1 aliphatic carbocycles. The smallest absolute Gasteiger partial charge is 0.166 e. The molecule has 0 unspecified atom stereocenters. The van der Waals surface area contributed by atoms with Gasteiger partial charge in [0.15, 0.2) is 5.78 Å². The lowest BCUT2D eigenvalue weighted by Crippen LogP contribution is -2.16. The molecule has 0 aliphatic heterocycles. The minimum Gasteiger partial charge on any atom is -0.465 e. The van der Waals surface area contributed by atoms with Crippen LogP contribution < -0.4 is 4.90 Å². The van der Waals surface area contributed by atoms with E-state index in [1.807, 2.05) is 33.2 Å². The van der Waals surface area contributed by atoms with Gasteiger partial charge in [-0.2, -0.15) is 0 Å². The third-order valence-electron chi connectivity index (χ3n) is 8.01. The number of ketones is 1. The second-order valence-corrected chi connectivity index (χ2v) is 12.3. The maximum absolute atomic E-state index is 12.8. The maximum Gasteiger partial charge on any atom is 0.166 e. The Morgan fingerprint density at radius 2 is 1.65 bits per heavy atom. The summed E-state index contributed by atoms with van der Waals surface area (Å²) in [5.41, 5.74) is 1.74. The number of rotatable bonds is 10. The predicted molar refractivity (Wildman–Crippen MR) is 153 cm³/mol. The number of anilines is 1. The van der Waals surface area contributed by atoms with E-state index in [1.54, 1.807) is 0 Å². The van der Waals surface area contributed by atoms with Gasteiger partial charge in [-0.3, -0.25) is 4.79 Å². The van der Waals surface area contributed by atoms with E-state index in [9.17, 15) is 4.79 Å². The summed E-state index contributed by atoms with van der Waals surface area (Å²) in [4.78, 5) is 24.6.